The van der Waals surface area contributed by atoms with E-state index < -0.39 is 0 Å². The second-order valence-corrected chi connectivity index (χ2v) is 5.47. The topological polar surface area (TPSA) is 37.8 Å². The maximum Gasteiger partial charge on any atom is 0.192 e. The van der Waals surface area contributed by atoms with Crippen LogP contribution < -0.4 is 5.32 Å². The van der Waals surface area contributed by atoms with E-state index in [1.807, 2.05) is 19.3 Å². The van der Waals surface area contributed by atoms with Crippen LogP contribution in [0, 0.1) is 6.92 Å². The summed E-state index contributed by atoms with van der Waals surface area (Å²) in [5.74, 6) is 0. The van der Waals surface area contributed by atoms with E-state index in [1.54, 1.807) is 11.8 Å². The molecule has 4 heteroatoms. The molecule has 0 aliphatic carbocycles. The second kappa shape index (κ2) is 6.68. The number of nitrogens with zero attached hydrogens (tertiary/aromatic N) is 2. The van der Waals surface area contributed by atoms with Crippen LogP contribution >= 0.6 is 11.8 Å². The predicted molar refractivity (Wildman–Crippen MR) is 79.4 cm³/mol. The van der Waals surface area contributed by atoms with Gasteiger partial charge in [-0.2, -0.15) is 0 Å². The molecule has 0 amide bonds. The number of aryl methyl sites for hydroxylation is 1. The van der Waals surface area contributed by atoms with E-state index in [1.165, 1.54) is 10.5 Å². The van der Waals surface area contributed by atoms with Crippen molar-refractivity contribution in [3.8, 4) is 0 Å². The third-order valence-corrected chi connectivity index (χ3v) is 3.84. The van der Waals surface area contributed by atoms with Crippen LogP contribution in [0.5, 0.6) is 0 Å². The molecule has 100 valence electrons. The molecule has 1 N–H and O–H groups in total. The second-order valence-electron chi connectivity index (χ2n) is 4.46. The first-order chi connectivity index (χ1) is 9.20. The summed E-state index contributed by atoms with van der Waals surface area (Å²) in [5, 5.41) is 4.24. The third-order valence-electron chi connectivity index (χ3n) is 2.85. The Balaban J connectivity index is 2.22. The van der Waals surface area contributed by atoms with E-state index in [2.05, 4.69) is 53.4 Å². The third kappa shape index (κ3) is 3.78. The average Bonchev–Trinajstić information content (AvgIpc) is 2.42. The highest BCUT2D eigenvalue weighted by Crippen LogP contribution is 2.31. The smallest absolute Gasteiger partial charge is 0.192 e. The first-order valence-corrected chi connectivity index (χ1v) is 7.31. The van der Waals surface area contributed by atoms with Gasteiger partial charge in [0.2, 0.25) is 0 Å². The first kappa shape index (κ1) is 14.0. The lowest BCUT2D eigenvalue weighted by molar-refractivity contribution is 0.590. The fourth-order valence-electron chi connectivity index (χ4n) is 1.88. The van der Waals surface area contributed by atoms with Gasteiger partial charge >= 0.3 is 0 Å². The van der Waals surface area contributed by atoms with Gasteiger partial charge in [0.1, 0.15) is 0 Å². The molecule has 2 rings (SSSR count). The maximum absolute atomic E-state index is 4.35. The molecule has 1 heterocycles. The Labute approximate surface area is 118 Å². The summed E-state index contributed by atoms with van der Waals surface area (Å²) in [5.41, 5.74) is 2.37. The van der Waals surface area contributed by atoms with Gasteiger partial charge in [-0.1, -0.05) is 25.1 Å². The van der Waals surface area contributed by atoms with Crippen molar-refractivity contribution >= 4 is 11.8 Å². The molecule has 0 fully saturated rings. The summed E-state index contributed by atoms with van der Waals surface area (Å²) < 4.78 is 0. The molecule has 0 aliphatic heterocycles. The van der Waals surface area contributed by atoms with Crippen molar-refractivity contribution < 1.29 is 0 Å². The molecule has 0 spiro atoms. The summed E-state index contributed by atoms with van der Waals surface area (Å²) in [6.45, 7) is 7.26. The van der Waals surface area contributed by atoms with Crippen LogP contribution in [0.4, 0.5) is 0 Å². The molecule has 1 atom stereocenters. The lowest BCUT2D eigenvalue weighted by Gasteiger charge is -2.16. The fraction of sp³-hybridized carbons (Fsp3) is 0.333. The molecule has 0 radical (unpaired) electrons. The van der Waals surface area contributed by atoms with Crippen LogP contribution in [0.1, 0.15) is 31.0 Å². The van der Waals surface area contributed by atoms with E-state index in [0.29, 0.717) is 6.04 Å². The summed E-state index contributed by atoms with van der Waals surface area (Å²) in [4.78, 5) is 9.91. The van der Waals surface area contributed by atoms with Gasteiger partial charge < -0.3 is 5.32 Å². The van der Waals surface area contributed by atoms with E-state index in [9.17, 15) is 0 Å². The first-order valence-electron chi connectivity index (χ1n) is 6.49. The Bertz CT molecular complexity index is 525. The van der Waals surface area contributed by atoms with E-state index in [4.69, 9.17) is 0 Å². The minimum Gasteiger partial charge on any atom is -0.310 e. The molecule has 2 aromatic rings. The van der Waals surface area contributed by atoms with Crippen molar-refractivity contribution in [3.05, 3.63) is 47.8 Å². The Hall–Kier alpha value is -1.39. The molecule has 1 aromatic heterocycles. The zero-order valence-corrected chi connectivity index (χ0v) is 12.4. The molecule has 3 nitrogen and oxygen atoms in total. The van der Waals surface area contributed by atoms with Gasteiger partial charge in [-0.05, 0) is 49.3 Å². The molecule has 0 saturated heterocycles. The molecular weight excluding hydrogens is 254 g/mol. The minimum atomic E-state index is 0.333. The predicted octanol–water partition coefficient (Wildman–Crippen LogP) is 3.61. The van der Waals surface area contributed by atoms with Gasteiger partial charge in [0.15, 0.2) is 5.16 Å². The van der Waals surface area contributed by atoms with E-state index >= 15 is 0 Å². The Morgan fingerprint density at radius 3 is 2.58 bits per heavy atom. The Morgan fingerprint density at radius 2 is 1.89 bits per heavy atom. The monoisotopic (exact) mass is 273 g/mol. The zero-order chi connectivity index (χ0) is 13.7. The van der Waals surface area contributed by atoms with Gasteiger partial charge in [-0.25, -0.2) is 9.97 Å². The highest BCUT2D eigenvalue weighted by atomic mass is 32.2. The largest absolute Gasteiger partial charge is 0.310 e. The van der Waals surface area contributed by atoms with Crippen molar-refractivity contribution in [3.63, 3.8) is 0 Å². The van der Waals surface area contributed by atoms with Crippen LogP contribution in [-0.4, -0.2) is 16.5 Å². The van der Waals surface area contributed by atoms with Crippen LogP contribution in [0.2, 0.25) is 0 Å². The van der Waals surface area contributed by atoms with Crippen molar-refractivity contribution in [2.75, 3.05) is 6.54 Å². The number of hydrogen-bond donors (Lipinski definition) is 1. The van der Waals surface area contributed by atoms with Crippen molar-refractivity contribution in [1.82, 2.24) is 15.3 Å². The van der Waals surface area contributed by atoms with E-state index in [-0.39, 0.29) is 0 Å². The molecule has 19 heavy (non-hydrogen) atoms. The Kier molecular flexibility index (Phi) is 4.93. The average molecular weight is 273 g/mol. The van der Waals surface area contributed by atoms with Gasteiger partial charge in [0.05, 0.1) is 0 Å². The van der Waals surface area contributed by atoms with E-state index in [0.717, 1.165) is 17.3 Å². The lowest BCUT2D eigenvalue weighted by atomic mass is 10.1. The normalized spacial score (nSPS) is 12.4. The standard InChI is InChI=1S/C15H19N3S/c1-4-16-12(3)13-7-5-6-8-14(13)19-15-17-9-11(2)10-18-15/h5-10,12,16H,4H2,1-3H3. The molecule has 0 bridgehead atoms. The highest BCUT2D eigenvalue weighted by molar-refractivity contribution is 7.99. The fourth-order valence-corrected chi connectivity index (χ4v) is 2.80. The van der Waals surface area contributed by atoms with Crippen LogP contribution in [0.25, 0.3) is 0 Å². The maximum atomic E-state index is 4.35. The summed E-state index contributed by atoms with van der Waals surface area (Å²) in [6, 6.07) is 8.74. The zero-order valence-electron chi connectivity index (χ0n) is 11.6. The minimum absolute atomic E-state index is 0.333. The molecular formula is C15H19N3S. The summed E-state index contributed by atoms with van der Waals surface area (Å²) >= 11 is 1.61. The van der Waals surface area contributed by atoms with Crippen molar-refractivity contribution in [2.24, 2.45) is 0 Å². The summed E-state index contributed by atoms with van der Waals surface area (Å²) in [6.07, 6.45) is 3.71. The molecule has 1 aromatic carbocycles. The van der Waals surface area contributed by atoms with Gasteiger partial charge in [-0.3, -0.25) is 0 Å². The molecule has 0 aliphatic rings. The number of hydrogen-bond acceptors (Lipinski definition) is 4. The number of benzene rings is 1. The van der Waals surface area contributed by atoms with Crippen LogP contribution in [0.3, 0.4) is 0 Å². The Morgan fingerprint density at radius 1 is 1.21 bits per heavy atom. The van der Waals surface area contributed by atoms with Gasteiger partial charge in [0, 0.05) is 23.3 Å². The lowest BCUT2D eigenvalue weighted by Crippen LogP contribution is -2.18. The molecule has 0 saturated carbocycles. The van der Waals surface area contributed by atoms with Crippen LogP contribution in [0.15, 0.2) is 46.7 Å². The van der Waals surface area contributed by atoms with Gasteiger partial charge in [0.25, 0.3) is 0 Å². The van der Waals surface area contributed by atoms with Crippen molar-refractivity contribution in [1.29, 1.82) is 0 Å². The highest BCUT2D eigenvalue weighted by Gasteiger charge is 2.11. The molecule has 1 unspecified atom stereocenters. The SMILES string of the molecule is CCNC(C)c1ccccc1Sc1ncc(C)cn1. The van der Waals surface area contributed by atoms with Gasteiger partial charge in [-0.15, -0.1) is 0 Å². The number of aromatic nitrogens is 2. The number of rotatable bonds is 5. The number of nitrogens with one attached hydrogen (secondary N) is 1. The van der Waals surface area contributed by atoms with Crippen LogP contribution in [-0.2, 0) is 0 Å². The summed E-state index contributed by atoms with van der Waals surface area (Å²) in [7, 11) is 0. The van der Waals surface area contributed by atoms with Crippen molar-refractivity contribution in [2.45, 2.75) is 36.9 Å². The quantitative estimate of drug-likeness (QED) is 0.845.